The normalized spacial score (nSPS) is 20.7. The number of aliphatic carboxylic acids is 1. The summed E-state index contributed by atoms with van der Waals surface area (Å²) in [5, 5.41) is 12.1. The maximum atomic E-state index is 15.5. The van der Waals surface area contributed by atoms with E-state index in [1.807, 2.05) is 12.1 Å². The van der Waals surface area contributed by atoms with Gasteiger partial charge in [0.15, 0.2) is 5.82 Å². The molecule has 1 aliphatic carbocycles. The Hall–Kier alpha value is -4.31. The average molecular weight is 562 g/mol. The Labute approximate surface area is 234 Å². The summed E-state index contributed by atoms with van der Waals surface area (Å²) in [6.07, 6.45) is 2.66. The Morgan fingerprint density at radius 3 is 2.24 bits per heavy atom. The van der Waals surface area contributed by atoms with Gasteiger partial charge < -0.3 is 24.9 Å². The first-order valence-electron chi connectivity index (χ1n) is 13.7. The van der Waals surface area contributed by atoms with Crippen molar-refractivity contribution in [2.45, 2.75) is 44.2 Å². The number of H-pyrrole nitrogens is 1. The van der Waals surface area contributed by atoms with Crippen LogP contribution in [0.15, 0.2) is 54.6 Å². The molecule has 1 aliphatic heterocycles. The zero-order valence-electron chi connectivity index (χ0n) is 22.2. The highest BCUT2D eigenvalue weighted by molar-refractivity contribution is 5.95. The molecule has 0 bridgehead atoms. The Bertz CT molecular complexity index is 1570. The van der Waals surface area contributed by atoms with E-state index < -0.39 is 17.6 Å². The lowest BCUT2D eigenvalue weighted by molar-refractivity contribution is -0.143. The minimum Gasteiger partial charge on any atom is -0.481 e. The molecule has 10 heteroatoms. The summed E-state index contributed by atoms with van der Waals surface area (Å²) in [5.74, 6) is -2.87. The lowest BCUT2D eigenvalue weighted by Gasteiger charge is -2.25. The number of hydrogen-bond acceptors (Lipinski definition) is 5. The van der Waals surface area contributed by atoms with Gasteiger partial charge >= 0.3 is 5.97 Å². The quantitative estimate of drug-likeness (QED) is 0.266. The molecule has 41 heavy (non-hydrogen) atoms. The number of carboxylic acids is 1. The van der Waals surface area contributed by atoms with Crippen molar-refractivity contribution in [1.82, 2.24) is 15.3 Å². The van der Waals surface area contributed by atoms with Crippen LogP contribution in [-0.2, 0) is 9.53 Å². The topological polar surface area (TPSA) is 114 Å². The van der Waals surface area contributed by atoms with Crippen molar-refractivity contribution < 1.29 is 33.0 Å². The summed E-state index contributed by atoms with van der Waals surface area (Å²) in [6.45, 7) is 1.17. The highest BCUT2D eigenvalue weighted by Gasteiger charge is 2.28. The lowest BCUT2D eigenvalue weighted by atomic mass is 9.87. The van der Waals surface area contributed by atoms with E-state index in [0.717, 1.165) is 17.5 Å². The molecule has 2 heterocycles. The second-order valence-corrected chi connectivity index (χ2v) is 10.6. The van der Waals surface area contributed by atoms with Gasteiger partial charge in [-0.25, -0.2) is 8.78 Å². The number of aromatic nitrogens is 2. The standard InChI is InChI=1S/C31H29F2N3O5/c32-24-15-25-28(36-31(35-25)41-23-11-9-21(10-12-23)30(38)39)27(33)26(24)19-5-1-17(2-6-19)18-3-7-20(8-4-18)29(37)34-22-13-14-40-16-22/h1-8,15,21-23H,9-14,16H2,(H,34,37)(H,35,36)(H,38,39). The molecule has 1 atom stereocenters. The lowest BCUT2D eigenvalue weighted by Crippen LogP contribution is -2.34. The summed E-state index contributed by atoms with van der Waals surface area (Å²) in [4.78, 5) is 30.7. The van der Waals surface area contributed by atoms with Crippen LogP contribution in [0.25, 0.3) is 33.3 Å². The van der Waals surface area contributed by atoms with Crippen LogP contribution in [0.5, 0.6) is 6.01 Å². The molecular weight excluding hydrogens is 532 g/mol. The van der Waals surface area contributed by atoms with E-state index in [2.05, 4.69) is 15.3 Å². The van der Waals surface area contributed by atoms with Crippen LogP contribution in [0.4, 0.5) is 8.78 Å². The fourth-order valence-corrected chi connectivity index (χ4v) is 5.52. The van der Waals surface area contributed by atoms with Gasteiger partial charge in [-0.05, 0) is 60.9 Å². The monoisotopic (exact) mass is 561 g/mol. The Kier molecular flexibility index (Phi) is 7.40. The fraction of sp³-hybridized carbons (Fsp3) is 0.323. The second kappa shape index (κ2) is 11.3. The van der Waals surface area contributed by atoms with Crippen LogP contribution in [0.1, 0.15) is 42.5 Å². The molecule has 8 nitrogen and oxygen atoms in total. The molecule has 1 saturated heterocycles. The average Bonchev–Trinajstić information content (AvgIpc) is 3.63. The molecule has 1 amide bonds. The number of ether oxygens (including phenoxy) is 2. The molecule has 2 aliphatic rings. The second-order valence-electron chi connectivity index (χ2n) is 10.6. The molecule has 1 saturated carbocycles. The van der Waals surface area contributed by atoms with E-state index in [0.29, 0.717) is 50.0 Å². The van der Waals surface area contributed by atoms with Gasteiger partial charge in [0, 0.05) is 18.2 Å². The molecule has 6 rings (SSSR count). The van der Waals surface area contributed by atoms with Crippen molar-refractivity contribution in [1.29, 1.82) is 0 Å². The van der Waals surface area contributed by atoms with E-state index in [4.69, 9.17) is 9.47 Å². The van der Waals surface area contributed by atoms with Crippen LogP contribution in [0.3, 0.4) is 0 Å². The first kappa shape index (κ1) is 26.9. The maximum Gasteiger partial charge on any atom is 0.306 e. The van der Waals surface area contributed by atoms with Gasteiger partial charge in [-0.15, -0.1) is 0 Å². The number of hydrogen-bond donors (Lipinski definition) is 3. The number of imidazole rings is 1. The van der Waals surface area contributed by atoms with Crippen LogP contribution in [-0.4, -0.2) is 52.3 Å². The Balaban J connectivity index is 1.17. The number of carbonyl (C=O) groups is 2. The molecule has 2 fully saturated rings. The SMILES string of the molecule is O=C(NC1CCOC1)c1ccc(-c2ccc(-c3c(F)cc4[nH]c(OC5CCC(C(=O)O)CC5)nc4c3F)cc2)cc1. The number of nitrogens with zero attached hydrogens (tertiary/aromatic N) is 1. The third kappa shape index (κ3) is 5.65. The Morgan fingerprint density at radius 2 is 1.61 bits per heavy atom. The van der Waals surface area contributed by atoms with Gasteiger partial charge in [0.2, 0.25) is 0 Å². The van der Waals surface area contributed by atoms with Crippen molar-refractivity contribution in [2.24, 2.45) is 5.92 Å². The zero-order valence-corrected chi connectivity index (χ0v) is 22.2. The van der Waals surface area contributed by atoms with E-state index in [9.17, 15) is 14.7 Å². The van der Waals surface area contributed by atoms with Gasteiger partial charge in [0.1, 0.15) is 17.4 Å². The van der Waals surface area contributed by atoms with E-state index in [1.165, 1.54) is 6.07 Å². The minimum atomic E-state index is -0.807. The Morgan fingerprint density at radius 1 is 0.951 bits per heavy atom. The maximum absolute atomic E-state index is 15.5. The van der Waals surface area contributed by atoms with E-state index in [-0.39, 0.29) is 46.6 Å². The molecule has 0 spiro atoms. The van der Waals surface area contributed by atoms with Gasteiger partial charge in [0.05, 0.1) is 29.6 Å². The zero-order chi connectivity index (χ0) is 28.5. The number of rotatable bonds is 7. The number of amides is 1. The molecule has 3 N–H and O–H groups in total. The number of aromatic amines is 1. The summed E-state index contributed by atoms with van der Waals surface area (Å²) in [6, 6.07) is 15.3. The highest BCUT2D eigenvalue weighted by atomic mass is 19.1. The van der Waals surface area contributed by atoms with E-state index in [1.54, 1.807) is 36.4 Å². The van der Waals surface area contributed by atoms with Gasteiger partial charge in [-0.1, -0.05) is 36.4 Å². The molecule has 3 aromatic carbocycles. The third-order valence-corrected chi connectivity index (χ3v) is 7.87. The van der Waals surface area contributed by atoms with Crippen molar-refractivity contribution in [3.8, 4) is 28.3 Å². The summed E-state index contributed by atoms with van der Waals surface area (Å²) < 4.78 is 41.8. The predicted octanol–water partition coefficient (Wildman–Crippen LogP) is 5.72. The van der Waals surface area contributed by atoms with Crippen LogP contribution in [0, 0.1) is 17.6 Å². The van der Waals surface area contributed by atoms with Crippen molar-refractivity contribution >= 4 is 22.9 Å². The van der Waals surface area contributed by atoms with Crippen LogP contribution in [0.2, 0.25) is 0 Å². The molecule has 0 radical (unpaired) electrons. The van der Waals surface area contributed by atoms with Crippen molar-refractivity contribution in [3.63, 3.8) is 0 Å². The number of carbonyl (C=O) groups excluding carboxylic acids is 1. The number of carboxylic acid groups (broad SMARTS) is 1. The predicted molar refractivity (Wildman–Crippen MR) is 148 cm³/mol. The first-order chi connectivity index (χ1) is 19.9. The first-order valence-corrected chi connectivity index (χ1v) is 13.7. The smallest absolute Gasteiger partial charge is 0.306 e. The molecule has 4 aromatic rings. The number of nitrogens with one attached hydrogen (secondary N) is 2. The van der Waals surface area contributed by atoms with Crippen LogP contribution < -0.4 is 10.1 Å². The minimum absolute atomic E-state index is 0.0285. The fourth-order valence-electron chi connectivity index (χ4n) is 5.52. The largest absolute Gasteiger partial charge is 0.481 e. The summed E-state index contributed by atoms with van der Waals surface area (Å²) in [5.41, 5.74) is 2.56. The van der Waals surface area contributed by atoms with Gasteiger partial charge in [0.25, 0.3) is 11.9 Å². The third-order valence-electron chi connectivity index (χ3n) is 7.87. The number of benzene rings is 3. The number of halogens is 2. The highest BCUT2D eigenvalue weighted by Crippen LogP contribution is 2.34. The summed E-state index contributed by atoms with van der Waals surface area (Å²) in [7, 11) is 0. The van der Waals surface area contributed by atoms with Gasteiger partial charge in [-0.3, -0.25) is 9.59 Å². The molecular formula is C31H29F2N3O5. The van der Waals surface area contributed by atoms with E-state index >= 15 is 8.78 Å². The van der Waals surface area contributed by atoms with Gasteiger partial charge in [-0.2, -0.15) is 4.98 Å². The molecule has 212 valence electrons. The van der Waals surface area contributed by atoms with Crippen LogP contribution >= 0.6 is 0 Å². The van der Waals surface area contributed by atoms with Crippen molar-refractivity contribution in [2.75, 3.05) is 13.2 Å². The van der Waals surface area contributed by atoms with Crippen molar-refractivity contribution in [3.05, 3.63) is 71.8 Å². The number of fused-ring (bicyclic) bond motifs is 1. The molecule has 1 unspecified atom stereocenters. The molecule has 1 aromatic heterocycles. The summed E-state index contributed by atoms with van der Waals surface area (Å²) >= 11 is 0.